The molecule has 480 valence electrons. The Balaban J connectivity index is 0.000000128. The maximum absolute atomic E-state index is 13.8. The lowest BCUT2D eigenvalue weighted by molar-refractivity contribution is -0.127. The number of amides is 3. The van der Waals surface area contributed by atoms with Gasteiger partial charge in [-0.25, -0.2) is 15.0 Å². The van der Waals surface area contributed by atoms with Crippen molar-refractivity contribution in [1.29, 1.82) is 0 Å². The minimum absolute atomic E-state index is 0.000815. The van der Waals surface area contributed by atoms with Gasteiger partial charge in [-0.15, -0.1) is 0 Å². The van der Waals surface area contributed by atoms with Crippen LogP contribution in [0.25, 0.3) is 65.4 Å². The van der Waals surface area contributed by atoms with Crippen LogP contribution < -0.4 is 32.6 Å². The Morgan fingerprint density at radius 3 is 1.24 bits per heavy atom. The van der Waals surface area contributed by atoms with Gasteiger partial charge in [0.25, 0.3) is 16.7 Å². The lowest BCUT2D eigenvalue weighted by Crippen LogP contribution is -2.48. The van der Waals surface area contributed by atoms with Crippen LogP contribution in [0.15, 0.2) is 159 Å². The summed E-state index contributed by atoms with van der Waals surface area (Å²) in [6, 6.07) is 35.0. The van der Waals surface area contributed by atoms with Crippen molar-refractivity contribution in [2.24, 2.45) is 17.8 Å². The van der Waals surface area contributed by atoms with E-state index in [2.05, 4.69) is 134 Å². The normalized spacial score (nSPS) is 18.4. The molecule has 6 atom stereocenters. The zero-order chi connectivity index (χ0) is 66.0. The highest BCUT2D eigenvalue weighted by Crippen LogP contribution is 2.36. The van der Waals surface area contributed by atoms with Gasteiger partial charge >= 0.3 is 0 Å². The number of nitrogens with one attached hydrogen (secondary N) is 6. The second-order valence-corrected chi connectivity index (χ2v) is 29.2. The summed E-state index contributed by atoms with van der Waals surface area (Å²) >= 11 is 7.91. The van der Waals surface area contributed by atoms with Gasteiger partial charge in [0.1, 0.15) is 41.3 Å². The van der Waals surface area contributed by atoms with Gasteiger partial charge in [-0.3, -0.25) is 42.5 Å². The quantitative estimate of drug-likeness (QED) is 0.0569. The average Bonchev–Trinajstić information content (AvgIpc) is 0.933. The summed E-state index contributed by atoms with van der Waals surface area (Å²) in [4.78, 5) is 105. The second kappa shape index (κ2) is 26.4. The summed E-state index contributed by atoms with van der Waals surface area (Å²) in [5.41, 5.74) is 7.26. The Kier molecular flexibility index (Phi) is 18.0. The van der Waals surface area contributed by atoms with Gasteiger partial charge in [0, 0.05) is 82.2 Å². The van der Waals surface area contributed by atoms with Crippen LogP contribution in [-0.2, 0) is 33.6 Å². The topological polar surface area (TPSA) is 260 Å². The van der Waals surface area contributed by atoms with E-state index in [4.69, 9.17) is 15.0 Å². The molecule has 0 saturated carbocycles. The summed E-state index contributed by atoms with van der Waals surface area (Å²) in [5.74, 6) is 2.42. The van der Waals surface area contributed by atoms with Gasteiger partial charge in [0.2, 0.25) is 17.7 Å². The van der Waals surface area contributed by atoms with Crippen molar-refractivity contribution in [2.75, 3.05) is 0 Å². The zero-order valence-corrected chi connectivity index (χ0v) is 58.3. The van der Waals surface area contributed by atoms with Crippen molar-refractivity contribution in [2.45, 2.75) is 116 Å². The van der Waals surface area contributed by atoms with Crippen molar-refractivity contribution in [1.82, 2.24) is 59.6 Å². The third-order valence-electron chi connectivity index (χ3n) is 17.9. The Morgan fingerprint density at radius 1 is 0.457 bits per heavy atom. The van der Waals surface area contributed by atoms with Gasteiger partial charge in [0.05, 0.1) is 50.8 Å². The van der Waals surface area contributed by atoms with Crippen LogP contribution in [0.1, 0.15) is 131 Å². The van der Waals surface area contributed by atoms with E-state index in [-0.39, 0.29) is 58.3 Å². The maximum Gasteiger partial charge on any atom is 0.262 e. The first-order valence-corrected chi connectivity index (χ1v) is 34.6. The van der Waals surface area contributed by atoms with E-state index in [0.717, 1.165) is 73.9 Å². The fraction of sp³-hybridized carbons (Fsp3) is 0.292. The van der Waals surface area contributed by atoms with Gasteiger partial charge < -0.3 is 36.0 Å². The van der Waals surface area contributed by atoms with Gasteiger partial charge in [-0.2, -0.15) is 0 Å². The molecule has 0 saturated heterocycles. The number of H-pyrrole nitrogens is 3. The lowest BCUT2D eigenvalue weighted by Gasteiger charge is -2.33. The number of hydrogen-bond donors (Lipinski definition) is 7. The second-order valence-electron chi connectivity index (χ2n) is 25.9. The highest BCUT2D eigenvalue weighted by Gasteiger charge is 2.40. The van der Waals surface area contributed by atoms with Crippen LogP contribution in [0.4, 0.5) is 0 Å². The molecular weight excluding hydrogens is 1480 g/mol. The molecule has 3 amide bonds. The first-order chi connectivity index (χ1) is 45.2. The van der Waals surface area contributed by atoms with Crippen LogP contribution >= 0.6 is 61.1 Å². The van der Waals surface area contributed by atoms with Crippen molar-refractivity contribution in [3.8, 4) is 5.75 Å². The molecule has 15 rings (SSSR count). The minimum Gasteiger partial charge on any atom is -0.508 e. The van der Waals surface area contributed by atoms with Crippen molar-refractivity contribution in [3.05, 3.63) is 217 Å². The van der Waals surface area contributed by atoms with E-state index < -0.39 is 18.1 Å². The number of carbonyl (C=O) groups is 3. The number of carbonyl (C=O) groups excluding carboxylic acids is 3. The first kappa shape index (κ1) is 64.2. The number of para-hydroxylation sites is 3. The number of halogens is 3. The van der Waals surface area contributed by atoms with Crippen LogP contribution in [0.2, 0.25) is 0 Å². The summed E-state index contributed by atoms with van der Waals surface area (Å²) in [6.07, 6.45) is 9.08. The molecule has 94 heavy (non-hydrogen) atoms. The molecule has 6 aromatic carbocycles. The molecule has 0 bridgehead atoms. The Labute approximate surface area is 575 Å². The molecule has 6 aromatic heterocycles. The molecule has 19 nitrogen and oxygen atoms in total. The number of rotatable bonds is 12. The van der Waals surface area contributed by atoms with E-state index in [9.17, 15) is 33.9 Å². The molecule has 22 heteroatoms. The highest BCUT2D eigenvalue weighted by atomic mass is 127. The highest BCUT2D eigenvalue weighted by molar-refractivity contribution is 14.1. The van der Waals surface area contributed by atoms with Crippen LogP contribution in [0.5, 0.6) is 5.75 Å². The predicted molar refractivity (Wildman–Crippen MR) is 387 cm³/mol. The van der Waals surface area contributed by atoms with Crippen molar-refractivity contribution in [3.63, 3.8) is 0 Å². The van der Waals surface area contributed by atoms with Crippen LogP contribution in [0, 0.1) is 24.9 Å². The Hall–Kier alpha value is -8.49. The molecular formula is C72H69BrI2N12O7. The summed E-state index contributed by atoms with van der Waals surface area (Å²) < 4.78 is 7.55. The first-order valence-electron chi connectivity index (χ1n) is 31.6. The third-order valence-corrected chi connectivity index (χ3v) is 19.8. The molecule has 7 N–H and O–H groups in total. The number of aromatic nitrogens is 9. The smallest absolute Gasteiger partial charge is 0.262 e. The number of aromatic hydroxyl groups is 1. The third kappa shape index (κ3) is 12.5. The molecule has 0 unspecified atom stereocenters. The van der Waals surface area contributed by atoms with Crippen LogP contribution in [0.3, 0.4) is 0 Å². The predicted octanol–water partition coefficient (Wildman–Crippen LogP) is 13.3. The van der Waals surface area contributed by atoms with E-state index in [1.54, 1.807) is 21.3 Å². The van der Waals surface area contributed by atoms with Gasteiger partial charge in [-0.05, 0) is 166 Å². The molecule has 0 fully saturated rings. The zero-order valence-electron chi connectivity index (χ0n) is 52.4. The van der Waals surface area contributed by atoms with E-state index in [1.807, 2.05) is 116 Å². The Morgan fingerprint density at radius 2 is 0.830 bits per heavy atom. The summed E-state index contributed by atoms with van der Waals surface area (Å²) in [5, 5.41) is 23.9. The lowest BCUT2D eigenvalue weighted by atomic mass is 9.96. The fourth-order valence-electron chi connectivity index (χ4n) is 13.6. The molecule has 12 aromatic rings. The fourth-order valence-corrected chi connectivity index (χ4v) is 15.9. The van der Waals surface area contributed by atoms with E-state index in [1.165, 1.54) is 16.7 Å². The van der Waals surface area contributed by atoms with Gasteiger partial charge in [0.15, 0.2) is 0 Å². The molecule has 3 aliphatic rings. The monoisotopic (exact) mass is 1550 g/mol. The number of phenols is 1. The van der Waals surface area contributed by atoms with E-state index >= 15 is 0 Å². The molecule has 0 spiro atoms. The summed E-state index contributed by atoms with van der Waals surface area (Å²) in [7, 11) is 0. The molecule has 0 aliphatic carbocycles. The van der Waals surface area contributed by atoms with E-state index in [0.29, 0.717) is 93.6 Å². The number of nitrogens with zero attached hydrogens (tertiary/aromatic N) is 6. The summed E-state index contributed by atoms with van der Waals surface area (Å²) in [6.45, 7) is 12.6. The molecule has 9 heterocycles. The average molecular weight is 1550 g/mol. The van der Waals surface area contributed by atoms with Gasteiger partial charge in [-0.1, -0.05) is 112 Å². The number of aromatic amines is 3. The minimum atomic E-state index is -0.718. The number of fused-ring (bicyclic) bond motifs is 9. The molecule has 0 radical (unpaired) electrons. The van der Waals surface area contributed by atoms with Crippen molar-refractivity contribution < 1.29 is 19.5 Å². The Bertz CT molecular complexity index is 4970. The largest absolute Gasteiger partial charge is 0.508 e. The SMILES string of the molecule is CC(C)C[C@@H]1NC(=O)[C@@H](Cc2c[nH]c3ccccc23)n2c1nc1c(I)cc(I)cc1c2=O.CC(C)C[C@@H]1NC(=O)[C@@H](Cc2c[nH]c3ccccc23)n2c1nc1ccc(Br)cc1c2=O.CC(C)C[C@@H]1NC(=O)[C@@H](Cc2c[nH]c3ccccc23)n2c1nc1ccc(O)cc1c2=O. The van der Waals surface area contributed by atoms with Crippen LogP contribution in [-0.4, -0.2) is 66.4 Å². The number of phenolic OH excluding ortho intramolecular Hbond substituents is 1. The van der Waals surface area contributed by atoms with Crippen molar-refractivity contribution >= 4 is 144 Å². The standard InChI is InChI=1S/C24H23BrN4O2.C24H22I2N4O2.C24H24N4O3/c1-13(2)9-20-22-27-19-8-7-15(25)11-17(19)24(31)29(22)21(23(30)28-20)10-14-12-26-18-6-4-3-5-16(14)18;1-12(2)7-19-22-29-21-16(9-14(25)10-17(21)26)24(32)30(22)20(23(31)28-19)8-13-11-27-18-6-4-3-5-15(13)18;1-13(2)9-20-22-26-19-8-7-15(29)11-17(19)24(31)28(22)21(23(30)27-20)10-14-12-25-18-6-4-3-5-16(14)18/h3-8,11-13,20-21,26H,9-10H2,1-2H3,(H,28,30);3-6,9-12,19-20,27H,7-8H2,1-2H3,(H,28,31);3-8,11-13,20-21,25,29H,9-10H2,1-2H3,(H,27,30)/t20-,21+;19-,20+;20-,21+/m000/s1. The maximum atomic E-state index is 13.8. The number of benzene rings is 6. The molecule has 3 aliphatic heterocycles. The number of hydrogen-bond acceptors (Lipinski definition) is 10.